The molecule has 5 nitrogen and oxygen atoms in total. The van der Waals surface area contributed by atoms with E-state index in [0.717, 1.165) is 29.9 Å². The summed E-state index contributed by atoms with van der Waals surface area (Å²) in [4.78, 5) is 7.54. The topological polar surface area (TPSA) is 77.0 Å². The predicted octanol–water partition coefficient (Wildman–Crippen LogP) is 4.10. The number of halogens is 3. The molecule has 0 saturated carbocycles. The predicted molar refractivity (Wildman–Crippen MR) is 83.4 cm³/mol. The third-order valence-electron chi connectivity index (χ3n) is 4.16. The van der Waals surface area contributed by atoms with Gasteiger partial charge in [0.2, 0.25) is 5.95 Å². The number of furan rings is 1. The molecular weight excluding hydrogens is 321 g/mol. The Labute approximate surface area is 137 Å². The molecule has 0 amide bonds. The monoisotopic (exact) mass is 340 g/mol. The third kappa shape index (κ3) is 3.18. The molecule has 1 unspecified atom stereocenters. The number of rotatable bonds is 2. The van der Waals surface area contributed by atoms with Gasteiger partial charge in [-0.2, -0.15) is 18.2 Å². The highest BCUT2D eigenvalue weighted by atomic mass is 19.4. The molecule has 0 aromatic carbocycles. The van der Waals surface area contributed by atoms with E-state index in [-0.39, 0.29) is 17.4 Å². The first kappa shape index (κ1) is 16.6. The van der Waals surface area contributed by atoms with Crippen molar-refractivity contribution >= 4 is 11.8 Å². The van der Waals surface area contributed by atoms with Gasteiger partial charge in [-0.05, 0) is 24.8 Å². The van der Waals surface area contributed by atoms with Crippen LogP contribution in [0.15, 0.2) is 16.7 Å². The zero-order chi connectivity index (χ0) is 17.7. The minimum absolute atomic E-state index is 0.00752. The lowest BCUT2D eigenvalue weighted by Gasteiger charge is -2.34. The number of nitrogens with zero attached hydrogens (tertiary/aromatic N) is 2. The molecule has 2 heterocycles. The molecule has 130 valence electrons. The lowest BCUT2D eigenvalue weighted by molar-refractivity contribution is -0.137. The summed E-state index contributed by atoms with van der Waals surface area (Å²) in [7, 11) is 0. The van der Waals surface area contributed by atoms with Crippen LogP contribution >= 0.6 is 0 Å². The molecule has 1 aliphatic carbocycles. The van der Waals surface area contributed by atoms with Crippen molar-refractivity contribution in [3.05, 3.63) is 34.9 Å². The SMILES string of the molecule is Cc1cc2c(o1)CC(C)(C)CC2Nc1ncc(C(F)(F)F)c(N)n1. The number of aryl methyl sites for hydroxylation is 1. The van der Waals surface area contributed by atoms with E-state index in [2.05, 4.69) is 29.1 Å². The summed E-state index contributed by atoms with van der Waals surface area (Å²) in [6.07, 6.45) is -2.27. The summed E-state index contributed by atoms with van der Waals surface area (Å²) in [5.41, 5.74) is 5.39. The molecule has 1 atom stereocenters. The Morgan fingerprint density at radius 2 is 2.08 bits per heavy atom. The number of anilines is 2. The zero-order valence-electron chi connectivity index (χ0n) is 13.7. The van der Waals surface area contributed by atoms with Crippen molar-refractivity contribution in [2.24, 2.45) is 5.41 Å². The van der Waals surface area contributed by atoms with Gasteiger partial charge in [0.05, 0.1) is 6.04 Å². The summed E-state index contributed by atoms with van der Waals surface area (Å²) < 4.78 is 44.0. The average molecular weight is 340 g/mol. The Kier molecular flexibility index (Phi) is 3.73. The fourth-order valence-corrected chi connectivity index (χ4v) is 3.15. The number of hydrogen-bond donors (Lipinski definition) is 2. The van der Waals surface area contributed by atoms with Crippen LogP contribution in [0.2, 0.25) is 0 Å². The average Bonchev–Trinajstić information content (AvgIpc) is 2.76. The Hall–Kier alpha value is -2.25. The maximum Gasteiger partial charge on any atom is 0.421 e. The van der Waals surface area contributed by atoms with E-state index in [4.69, 9.17) is 10.2 Å². The molecule has 0 fully saturated rings. The first-order chi connectivity index (χ1) is 11.0. The van der Waals surface area contributed by atoms with Gasteiger partial charge < -0.3 is 15.5 Å². The van der Waals surface area contributed by atoms with Gasteiger partial charge in [0.15, 0.2) is 0 Å². The van der Waals surface area contributed by atoms with Crippen molar-refractivity contribution < 1.29 is 17.6 Å². The quantitative estimate of drug-likeness (QED) is 0.860. The highest BCUT2D eigenvalue weighted by molar-refractivity contribution is 5.46. The second-order valence-corrected chi connectivity index (χ2v) is 6.97. The number of alkyl halides is 3. The van der Waals surface area contributed by atoms with E-state index in [0.29, 0.717) is 6.20 Å². The van der Waals surface area contributed by atoms with Gasteiger partial charge >= 0.3 is 6.18 Å². The van der Waals surface area contributed by atoms with Crippen LogP contribution in [0, 0.1) is 12.3 Å². The molecule has 0 spiro atoms. The van der Waals surface area contributed by atoms with Crippen LogP contribution < -0.4 is 11.1 Å². The maximum absolute atomic E-state index is 12.7. The highest BCUT2D eigenvalue weighted by Crippen LogP contribution is 2.43. The minimum Gasteiger partial charge on any atom is -0.466 e. The molecule has 1 aliphatic rings. The van der Waals surface area contributed by atoms with E-state index in [1.807, 2.05) is 13.0 Å². The number of nitrogens with one attached hydrogen (secondary N) is 1. The molecule has 0 radical (unpaired) electrons. The summed E-state index contributed by atoms with van der Waals surface area (Å²) in [6.45, 7) is 6.10. The Morgan fingerprint density at radius 3 is 2.71 bits per heavy atom. The minimum atomic E-state index is -4.57. The first-order valence-electron chi connectivity index (χ1n) is 7.61. The van der Waals surface area contributed by atoms with E-state index in [1.165, 1.54) is 0 Å². The lowest BCUT2D eigenvalue weighted by atomic mass is 9.75. The molecule has 8 heteroatoms. The molecule has 2 aromatic rings. The molecule has 0 bridgehead atoms. The van der Waals surface area contributed by atoms with Crippen LogP contribution in [0.4, 0.5) is 24.9 Å². The number of nitrogen functional groups attached to an aromatic ring is 1. The molecular formula is C16H19F3N4O. The molecule has 0 saturated heterocycles. The summed E-state index contributed by atoms with van der Waals surface area (Å²) in [6, 6.07) is 1.80. The first-order valence-corrected chi connectivity index (χ1v) is 7.61. The standard InChI is InChI=1S/C16H19F3N4O/c1-8-4-9-11(5-15(2,3)6-12(9)24-8)22-14-21-7-10(13(20)23-14)16(17,18)19/h4,7,11H,5-6H2,1-3H3,(H3,20,21,22,23). The molecule has 3 N–H and O–H groups in total. The fourth-order valence-electron chi connectivity index (χ4n) is 3.15. The largest absolute Gasteiger partial charge is 0.466 e. The van der Waals surface area contributed by atoms with Crippen LogP contribution in [-0.2, 0) is 12.6 Å². The second-order valence-electron chi connectivity index (χ2n) is 6.97. The molecule has 0 aliphatic heterocycles. The summed E-state index contributed by atoms with van der Waals surface area (Å²) in [5.74, 6) is 1.19. The van der Waals surface area contributed by atoms with Gasteiger partial charge in [-0.15, -0.1) is 0 Å². The smallest absolute Gasteiger partial charge is 0.421 e. The van der Waals surface area contributed by atoms with Crippen LogP contribution in [-0.4, -0.2) is 9.97 Å². The van der Waals surface area contributed by atoms with E-state index in [1.54, 1.807) is 0 Å². The van der Waals surface area contributed by atoms with Gasteiger partial charge in [-0.3, -0.25) is 0 Å². The van der Waals surface area contributed by atoms with Crippen LogP contribution in [0.1, 0.15) is 49.0 Å². The van der Waals surface area contributed by atoms with E-state index in [9.17, 15) is 13.2 Å². The van der Waals surface area contributed by atoms with E-state index < -0.39 is 17.6 Å². The van der Waals surface area contributed by atoms with Crippen molar-refractivity contribution in [2.45, 2.75) is 45.8 Å². The fraction of sp³-hybridized carbons (Fsp3) is 0.500. The molecule has 24 heavy (non-hydrogen) atoms. The second kappa shape index (κ2) is 5.39. The number of aromatic nitrogens is 2. The Morgan fingerprint density at radius 1 is 1.38 bits per heavy atom. The summed E-state index contributed by atoms with van der Waals surface area (Å²) in [5, 5.41) is 3.10. The van der Waals surface area contributed by atoms with Crippen molar-refractivity contribution in [3.63, 3.8) is 0 Å². The van der Waals surface area contributed by atoms with Crippen molar-refractivity contribution in [1.82, 2.24) is 9.97 Å². The lowest BCUT2D eigenvalue weighted by Crippen LogP contribution is -2.29. The van der Waals surface area contributed by atoms with Gasteiger partial charge in [0, 0.05) is 18.2 Å². The zero-order valence-corrected chi connectivity index (χ0v) is 13.7. The maximum atomic E-state index is 12.7. The number of fused-ring (bicyclic) bond motifs is 1. The van der Waals surface area contributed by atoms with Crippen LogP contribution in [0.5, 0.6) is 0 Å². The summed E-state index contributed by atoms with van der Waals surface area (Å²) >= 11 is 0. The van der Waals surface area contributed by atoms with Crippen molar-refractivity contribution in [3.8, 4) is 0 Å². The van der Waals surface area contributed by atoms with Crippen LogP contribution in [0.25, 0.3) is 0 Å². The van der Waals surface area contributed by atoms with Gasteiger partial charge in [0.1, 0.15) is 22.9 Å². The van der Waals surface area contributed by atoms with Crippen molar-refractivity contribution in [2.75, 3.05) is 11.1 Å². The third-order valence-corrected chi connectivity index (χ3v) is 4.16. The Bertz CT molecular complexity index is 767. The normalized spacial score (nSPS) is 19.8. The van der Waals surface area contributed by atoms with Gasteiger partial charge in [-0.25, -0.2) is 4.98 Å². The van der Waals surface area contributed by atoms with Crippen molar-refractivity contribution in [1.29, 1.82) is 0 Å². The molecule has 3 rings (SSSR count). The molecule has 2 aromatic heterocycles. The Balaban J connectivity index is 1.90. The van der Waals surface area contributed by atoms with Gasteiger partial charge in [0.25, 0.3) is 0 Å². The highest BCUT2D eigenvalue weighted by Gasteiger charge is 2.37. The number of nitrogens with two attached hydrogens (primary N) is 1. The van der Waals surface area contributed by atoms with Gasteiger partial charge in [-0.1, -0.05) is 13.8 Å². The van der Waals surface area contributed by atoms with Crippen LogP contribution in [0.3, 0.4) is 0 Å². The number of hydrogen-bond acceptors (Lipinski definition) is 5. The van der Waals surface area contributed by atoms with E-state index >= 15 is 0 Å².